The highest BCUT2D eigenvalue weighted by Crippen LogP contribution is 2.24. The number of rotatable bonds is 5. The van der Waals surface area contributed by atoms with E-state index >= 15 is 0 Å². The predicted molar refractivity (Wildman–Crippen MR) is 80.6 cm³/mol. The van der Waals surface area contributed by atoms with Crippen LogP contribution >= 0.6 is 0 Å². The third-order valence-corrected chi connectivity index (χ3v) is 3.75. The molecule has 1 saturated heterocycles. The highest BCUT2D eigenvalue weighted by molar-refractivity contribution is 5.54. The fourth-order valence-corrected chi connectivity index (χ4v) is 2.77. The van der Waals surface area contributed by atoms with Crippen LogP contribution in [-0.2, 0) is 6.54 Å². The Morgan fingerprint density at radius 3 is 2.95 bits per heavy atom. The van der Waals surface area contributed by atoms with E-state index in [0.717, 1.165) is 39.0 Å². The van der Waals surface area contributed by atoms with Gasteiger partial charge < -0.3 is 15.3 Å². The minimum absolute atomic E-state index is 0.168. The van der Waals surface area contributed by atoms with Crippen LogP contribution in [0.4, 0.5) is 5.69 Å². The van der Waals surface area contributed by atoms with Crippen molar-refractivity contribution in [3.63, 3.8) is 0 Å². The Kier molecular flexibility index (Phi) is 5.23. The maximum atomic E-state index is 9.78. The van der Waals surface area contributed by atoms with Crippen molar-refractivity contribution in [2.24, 2.45) is 0 Å². The molecule has 1 fully saturated rings. The molecule has 0 bridgehead atoms. The van der Waals surface area contributed by atoms with Gasteiger partial charge in [-0.15, -0.1) is 0 Å². The Morgan fingerprint density at radius 2 is 2.26 bits per heavy atom. The molecule has 3 nitrogen and oxygen atoms in total. The average molecular weight is 262 g/mol. The molecular weight excluding hydrogens is 236 g/mol. The lowest BCUT2D eigenvalue weighted by atomic mass is 10.0. The molecule has 1 atom stereocenters. The lowest BCUT2D eigenvalue weighted by molar-refractivity contribution is 0.154. The summed E-state index contributed by atoms with van der Waals surface area (Å²) >= 11 is 0. The standard InChI is InChI=1S/C16H26N2O/c1-3-8-17-11-14-6-7-16(13(2)10-14)18-9-4-5-15(19)12-18/h6-7,10,15,17,19H,3-5,8-9,11-12H2,1-2H3. The van der Waals surface area contributed by atoms with E-state index in [1.165, 1.54) is 23.2 Å². The number of nitrogens with one attached hydrogen (secondary N) is 1. The number of aryl methyl sites for hydroxylation is 1. The van der Waals surface area contributed by atoms with E-state index in [-0.39, 0.29) is 6.10 Å². The predicted octanol–water partition coefficient (Wildman–Crippen LogP) is 2.46. The van der Waals surface area contributed by atoms with E-state index in [9.17, 15) is 5.11 Å². The molecule has 2 rings (SSSR count). The monoisotopic (exact) mass is 262 g/mol. The zero-order valence-electron chi connectivity index (χ0n) is 12.2. The van der Waals surface area contributed by atoms with Crippen LogP contribution in [0.3, 0.4) is 0 Å². The first-order chi connectivity index (χ1) is 9.20. The van der Waals surface area contributed by atoms with E-state index in [1.54, 1.807) is 0 Å². The van der Waals surface area contributed by atoms with Gasteiger partial charge in [-0.3, -0.25) is 0 Å². The molecule has 3 heteroatoms. The second-order valence-electron chi connectivity index (χ2n) is 5.54. The van der Waals surface area contributed by atoms with Gasteiger partial charge in [-0.25, -0.2) is 0 Å². The van der Waals surface area contributed by atoms with Crippen LogP contribution in [0.25, 0.3) is 0 Å². The van der Waals surface area contributed by atoms with Crippen LogP contribution in [0.2, 0.25) is 0 Å². The Labute approximate surface area is 116 Å². The van der Waals surface area contributed by atoms with Gasteiger partial charge in [0.2, 0.25) is 0 Å². The van der Waals surface area contributed by atoms with E-state index in [1.807, 2.05) is 0 Å². The molecule has 2 N–H and O–H groups in total. The summed E-state index contributed by atoms with van der Waals surface area (Å²) in [5, 5.41) is 13.2. The minimum atomic E-state index is -0.168. The van der Waals surface area contributed by atoms with E-state index in [4.69, 9.17) is 0 Å². The number of piperidine rings is 1. The maximum Gasteiger partial charge on any atom is 0.0715 e. The fraction of sp³-hybridized carbons (Fsp3) is 0.625. The summed E-state index contributed by atoms with van der Waals surface area (Å²) in [5.41, 5.74) is 3.93. The summed E-state index contributed by atoms with van der Waals surface area (Å²) in [4.78, 5) is 2.31. The molecule has 1 aliphatic heterocycles. The highest BCUT2D eigenvalue weighted by Gasteiger charge is 2.19. The molecule has 1 heterocycles. The summed E-state index contributed by atoms with van der Waals surface area (Å²) in [5.74, 6) is 0. The van der Waals surface area contributed by atoms with Crippen molar-refractivity contribution in [3.8, 4) is 0 Å². The topological polar surface area (TPSA) is 35.5 Å². The number of hydrogen-bond donors (Lipinski definition) is 2. The van der Waals surface area contributed by atoms with E-state index in [0.29, 0.717) is 0 Å². The molecule has 0 amide bonds. The summed E-state index contributed by atoms with van der Waals surface area (Å²) < 4.78 is 0. The minimum Gasteiger partial charge on any atom is -0.391 e. The number of benzene rings is 1. The van der Waals surface area contributed by atoms with Crippen molar-refractivity contribution >= 4 is 5.69 Å². The zero-order valence-corrected chi connectivity index (χ0v) is 12.2. The van der Waals surface area contributed by atoms with Gasteiger partial charge in [-0.05, 0) is 49.9 Å². The molecule has 0 saturated carbocycles. The SMILES string of the molecule is CCCNCc1ccc(N2CCCC(O)C2)c(C)c1. The number of β-amino-alcohol motifs (C(OH)–C–C–N with tert-alkyl or cyclic N) is 1. The second-order valence-corrected chi connectivity index (χ2v) is 5.54. The van der Waals surface area contributed by atoms with Crippen molar-refractivity contribution in [2.75, 3.05) is 24.5 Å². The van der Waals surface area contributed by atoms with Gasteiger partial charge in [0.1, 0.15) is 0 Å². The average Bonchev–Trinajstić information content (AvgIpc) is 2.39. The third kappa shape index (κ3) is 3.95. The first-order valence-electron chi connectivity index (χ1n) is 7.44. The molecule has 0 spiro atoms. The van der Waals surface area contributed by atoms with Gasteiger partial charge >= 0.3 is 0 Å². The summed E-state index contributed by atoms with van der Waals surface area (Å²) in [7, 11) is 0. The molecule has 0 aliphatic carbocycles. The largest absolute Gasteiger partial charge is 0.391 e. The van der Waals surface area contributed by atoms with Crippen molar-refractivity contribution in [2.45, 2.75) is 45.8 Å². The van der Waals surface area contributed by atoms with E-state index < -0.39 is 0 Å². The van der Waals surface area contributed by atoms with Crippen molar-refractivity contribution in [1.82, 2.24) is 5.32 Å². The number of aliphatic hydroxyl groups excluding tert-OH is 1. The molecule has 1 aliphatic rings. The zero-order chi connectivity index (χ0) is 13.7. The first kappa shape index (κ1) is 14.4. The molecule has 106 valence electrons. The molecule has 1 aromatic carbocycles. The van der Waals surface area contributed by atoms with Gasteiger partial charge in [0.15, 0.2) is 0 Å². The van der Waals surface area contributed by atoms with Crippen molar-refractivity contribution < 1.29 is 5.11 Å². The molecule has 1 aromatic rings. The molecule has 19 heavy (non-hydrogen) atoms. The Hall–Kier alpha value is -1.06. The smallest absolute Gasteiger partial charge is 0.0715 e. The van der Waals surface area contributed by atoms with Crippen molar-refractivity contribution in [1.29, 1.82) is 0 Å². The maximum absolute atomic E-state index is 9.78. The fourth-order valence-electron chi connectivity index (χ4n) is 2.77. The van der Waals surface area contributed by atoms with Gasteiger partial charge in [-0.2, -0.15) is 0 Å². The van der Waals surface area contributed by atoms with Gasteiger partial charge in [0, 0.05) is 25.3 Å². The Balaban J connectivity index is 2.02. The van der Waals surface area contributed by atoms with E-state index in [2.05, 4.69) is 42.3 Å². The van der Waals surface area contributed by atoms with Crippen LogP contribution in [0.15, 0.2) is 18.2 Å². The lowest BCUT2D eigenvalue weighted by Crippen LogP contribution is -2.38. The summed E-state index contributed by atoms with van der Waals surface area (Å²) in [6.45, 7) is 8.19. The quantitative estimate of drug-likeness (QED) is 0.800. The van der Waals surface area contributed by atoms with Crippen LogP contribution in [-0.4, -0.2) is 30.8 Å². The molecule has 0 radical (unpaired) electrons. The van der Waals surface area contributed by atoms with Crippen LogP contribution in [0.5, 0.6) is 0 Å². The molecular formula is C16H26N2O. The van der Waals surface area contributed by atoms with Gasteiger partial charge in [-0.1, -0.05) is 19.1 Å². The normalized spacial score (nSPS) is 19.7. The Bertz CT molecular complexity index is 406. The van der Waals surface area contributed by atoms with Crippen LogP contribution in [0.1, 0.15) is 37.3 Å². The summed E-state index contributed by atoms with van der Waals surface area (Å²) in [6, 6.07) is 6.67. The van der Waals surface area contributed by atoms with Gasteiger partial charge in [0.25, 0.3) is 0 Å². The highest BCUT2D eigenvalue weighted by atomic mass is 16.3. The van der Waals surface area contributed by atoms with Crippen molar-refractivity contribution in [3.05, 3.63) is 29.3 Å². The van der Waals surface area contributed by atoms with Gasteiger partial charge in [0.05, 0.1) is 6.10 Å². The number of hydrogen-bond acceptors (Lipinski definition) is 3. The molecule has 0 aromatic heterocycles. The number of aliphatic hydroxyl groups is 1. The summed E-state index contributed by atoms with van der Waals surface area (Å²) in [6.07, 6.45) is 3.02. The second kappa shape index (κ2) is 6.92. The third-order valence-electron chi connectivity index (χ3n) is 3.75. The number of anilines is 1. The first-order valence-corrected chi connectivity index (χ1v) is 7.44. The Morgan fingerprint density at radius 1 is 1.42 bits per heavy atom. The number of nitrogens with zero attached hydrogens (tertiary/aromatic N) is 1. The lowest BCUT2D eigenvalue weighted by Gasteiger charge is -2.33. The van der Waals surface area contributed by atoms with Crippen LogP contribution in [0, 0.1) is 6.92 Å². The van der Waals surface area contributed by atoms with Crippen LogP contribution < -0.4 is 10.2 Å². The molecule has 1 unspecified atom stereocenters.